The first-order valence-corrected chi connectivity index (χ1v) is 9.38. The van der Waals surface area contributed by atoms with E-state index in [9.17, 15) is 9.59 Å². The minimum absolute atomic E-state index is 0.258. The highest BCUT2D eigenvalue weighted by molar-refractivity contribution is 5.97. The molecule has 1 aliphatic rings. The Hall–Kier alpha value is -3.92. The number of ether oxygens (including phenoxy) is 1. The lowest BCUT2D eigenvalue weighted by atomic mass is 10.1. The van der Waals surface area contributed by atoms with Crippen LogP contribution in [0.2, 0.25) is 0 Å². The predicted octanol–water partition coefficient (Wildman–Crippen LogP) is 0.946. The zero-order valence-corrected chi connectivity index (χ0v) is 15.7. The van der Waals surface area contributed by atoms with Crippen LogP contribution in [-0.4, -0.2) is 55.3 Å². The molecule has 1 saturated heterocycles. The number of amides is 1. The van der Waals surface area contributed by atoms with E-state index in [1.165, 1.54) is 10.7 Å². The van der Waals surface area contributed by atoms with Gasteiger partial charge >= 0.3 is 0 Å². The van der Waals surface area contributed by atoms with Crippen LogP contribution < -0.4 is 10.9 Å². The quantitative estimate of drug-likeness (QED) is 0.519. The summed E-state index contributed by atoms with van der Waals surface area (Å²) in [7, 11) is 0. The Bertz CT molecular complexity index is 1270. The Morgan fingerprint density at radius 2 is 1.90 bits per heavy atom. The molecule has 5 rings (SSSR count). The average molecular weight is 403 g/mol. The van der Waals surface area contributed by atoms with Gasteiger partial charge in [-0.25, -0.2) is 4.68 Å². The van der Waals surface area contributed by atoms with Gasteiger partial charge in [-0.3, -0.25) is 14.6 Å². The summed E-state index contributed by atoms with van der Waals surface area (Å²) in [5, 5.41) is 18.0. The van der Waals surface area contributed by atoms with Crippen LogP contribution in [0.5, 0.6) is 0 Å². The van der Waals surface area contributed by atoms with Gasteiger partial charge in [0.15, 0.2) is 0 Å². The third-order valence-corrected chi connectivity index (χ3v) is 5.06. The normalized spacial score (nSPS) is 18.5. The van der Waals surface area contributed by atoms with E-state index >= 15 is 0 Å². The summed E-state index contributed by atoms with van der Waals surface area (Å²) in [5.74, 6) is -0.279. The molecule has 0 spiro atoms. The number of nitrogens with zero attached hydrogens (tertiary/aromatic N) is 5. The van der Waals surface area contributed by atoms with Crippen molar-refractivity contribution in [1.82, 2.24) is 35.5 Å². The molecule has 10 nitrogen and oxygen atoms in total. The van der Waals surface area contributed by atoms with Crippen molar-refractivity contribution < 1.29 is 9.53 Å². The van der Waals surface area contributed by atoms with Crippen LogP contribution in [0, 0.1) is 0 Å². The lowest BCUT2D eigenvalue weighted by Crippen LogP contribution is -2.44. The number of nitrogens with one attached hydrogen (secondary N) is 2. The molecule has 0 bridgehead atoms. The second kappa shape index (κ2) is 7.48. The fourth-order valence-corrected chi connectivity index (χ4v) is 3.49. The molecule has 150 valence electrons. The Morgan fingerprint density at radius 3 is 2.77 bits per heavy atom. The van der Waals surface area contributed by atoms with Crippen molar-refractivity contribution in [2.45, 2.75) is 12.1 Å². The molecule has 0 aliphatic carbocycles. The van der Waals surface area contributed by atoms with Gasteiger partial charge in [-0.1, -0.05) is 0 Å². The van der Waals surface area contributed by atoms with Crippen LogP contribution in [0.1, 0.15) is 16.4 Å². The van der Waals surface area contributed by atoms with E-state index in [1.807, 2.05) is 12.1 Å². The van der Waals surface area contributed by atoms with E-state index in [-0.39, 0.29) is 24.7 Å². The molecule has 3 aromatic heterocycles. The largest absolute Gasteiger partial charge is 0.377 e. The maximum Gasteiger partial charge on any atom is 0.267 e. The van der Waals surface area contributed by atoms with Gasteiger partial charge in [0.25, 0.3) is 11.5 Å². The zero-order chi connectivity index (χ0) is 20.5. The second-order valence-electron chi connectivity index (χ2n) is 6.95. The van der Waals surface area contributed by atoms with Crippen molar-refractivity contribution in [3.8, 4) is 11.3 Å². The number of hydrogen-bond acceptors (Lipinski definition) is 7. The van der Waals surface area contributed by atoms with Gasteiger partial charge in [0.1, 0.15) is 17.1 Å². The topological polar surface area (TPSA) is 128 Å². The summed E-state index contributed by atoms with van der Waals surface area (Å²) in [5.41, 5.74) is 2.96. The summed E-state index contributed by atoms with van der Waals surface area (Å²) in [6.45, 7) is 0.566. The van der Waals surface area contributed by atoms with Gasteiger partial charge < -0.3 is 10.1 Å². The van der Waals surface area contributed by atoms with Crippen molar-refractivity contribution in [3.05, 3.63) is 70.8 Å². The Morgan fingerprint density at radius 1 is 1.07 bits per heavy atom. The zero-order valence-electron chi connectivity index (χ0n) is 15.7. The minimum atomic E-state index is -0.418. The summed E-state index contributed by atoms with van der Waals surface area (Å²) < 4.78 is 6.95. The predicted molar refractivity (Wildman–Crippen MR) is 107 cm³/mol. The molecule has 0 radical (unpaired) electrons. The molecule has 1 amide bonds. The molecule has 4 aromatic rings. The number of pyridine rings is 1. The van der Waals surface area contributed by atoms with Gasteiger partial charge in [0.2, 0.25) is 0 Å². The minimum Gasteiger partial charge on any atom is -0.377 e. The molecule has 30 heavy (non-hydrogen) atoms. The molecule has 1 fully saturated rings. The van der Waals surface area contributed by atoms with Gasteiger partial charge in [0.05, 0.1) is 24.9 Å². The number of H-pyrrole nitrogens is 1. The smallest absolute Gasteiger partial charge is 0.267 e. The maximum atomic E-state index is 12.8. The molecule has 1 aliphatic heterocycles. The molecule has 0 saturated carbocycles. The highest BCUT2D eigenvalue weighted by Gasteiger charge is 2.33. The second-order valence-corrected chi connectivity index (χ2v) is 6.95. The monoisotopic (exact) mass is 403 g/mol. The van der Waals surface area contributed by atoms with Crippen LogP contribution in [0.25, 0.3) is 22.3 Å². The van der Waals surface area contributed by atoms with Crippen LogP contribution in [0.15, 0.2) is 59.7 Å². The maximum absolute atomic E-state index is 12.8. The first-order valence-electron chi connectivity index (χ1n) is 9.38. The van der Waals surface area contributed by atoms with E-state index in [1.54, 1.807) is 36.7 Å². The fourth-order valence-electron chi connectivity index (χ4n) is 3.49. The standard InChI is InChI=1S/C20H17N7O3/c28-19-4-3-14(12-5-7-21-8-6-12)25-27(19)18-11-30-10-17(18)22-20(29)13-1-2-15-16(9-13)24-26-23-15/h1-9,17-18H,10-11H2,(H,22,29)(H,23,24,26). The first kappa shape index (κ1) is 18.1. The Kier molecular flexibility index (Phi) is 4.52. The van der Waals surface area contributed by atoms with Crippen molar-refractivity contribution in [2.75, 3.05) is 13.2 Å². The van der Waals surface area contributed by atoms with Crippen LogP contribution in [0.3, 0.4) is 0 Å². The third-order valence-electron chi connectivity index (χ3n) is 5.06. The van der Waals surface area contributed by atoms with Crippen LogP contribution in [0.4, 0.5) is 0 Å². The summed E-state index contributed by atoms with van der Waals surface area (Å²) in [6.07, 6.45) is 3.33. The highest BCUT2D eigenvalue weighted by atomic mass is 16.5. The average Bonchev–Trinajstić information content (AvgIpc) is 3.43. The van der Waals surface area contributed by atoms with Crippen molar-refractivity contribution in [2.24, 2.45) is 0 Å². The number of hydrogen-bond donors (Lipinski definition) is 2. The van der Waals surface area contributed by atoms with Crippen molar-refractivity contribution >= 4 is 16.9 Å². The molecule has 2 atom stereocenters. The molecule has 2 N–H and O–H groups in total. The molecule has 2 unspecified atom stereocenters. The van der Waals surface area contributed by atoms with Gasteiger partial charge in [-0.15, -0.1) is 0 Å². The number of carbonyl (C=O) groups is 1. The van der Waals surface area contributed by atoms with E-state index < -0.39 is 12.1 Å². The van der Waals surface area contributed by atoms with E-state index in [2.05, 4.69) is 30.8 Å². The summed E-state index contributed by atoms with van der Waals surface area (Å²) in [4.78, 5) is 29.3. The van der Waals surface area contributed by atoms with Crippen molar-refractivity contribution in [3.63, 3.8) is 0 Å². The Balaban J connectivity index is 1.41. The summed E-state index contributed by atoms with van der Waals surface area (Å²) in [6, 6.07) is 11.0. The first-order chi connectivity index (χ1) is 14.7. The number of aromatic nitrogens is 6. The molecule has 1 aromatic carbocycles. The highest BCUT2D eigenvalue weighted by Crippen LogP contribution is 2.21. The van der Waals surface area contributed by atoms with Gasteiger partial charge in [0, 0.05) is 29.6 Å². The lowest BCUT2D eigenvalue weighted by molar-refractivity contribution is 0.0925. The van der Waals surface area contributed by atoms with E-state index in [4.69, 9.17) is 4.74 Å². The fraction of sp³-hybridized carbons (Fsp3) is 0.200. The number of benzene rings is 1. The SMILES string of the molecule is O=C(NC1COCC1n1nc(-c2ccncc2)ccc1=O)c1ccc2n[nH]nc2c1. The van der Waals surface area contributed by atoms with Gasteiger partial charge in [-0.05, 0) is 36.4 Å². The summed E-state index contributed by atoms with van der Waals surface area (Å²) >= 11 is 0. The molecule has 10 heteroatoms. The number of fused-ring (bicyclic) bond motifs is 1. The third kappa shape index (κ3) is 3.33. The Labute approximate surface area is 169 Å². The molecule has 4 heterocycles. The molecular weight excluding hydrogens is 386 g/mol. The number of aromatic amines is 1. The van der Waals surface area contributed by atoms with Crippen molar-refractivity contribution in [1.29, 1.82) is 0 Å². The van der Waals surface area contributed by atoms with Gasteiger partial charge in [-0.2, -0.15) is 20.5 Å². The van der Waals surface area contributed by atoms with E-state index in [0.717, 1.165) is 5.56 Å². The van der Waals surface area contributed by atoms with Crippen LogP contribution in [-0.2, 0) is 4.74 Å². The van der Waals surface area contributed by atoms with E-state index in [0.29, 0.717) is 22.3 Å². The number of rotatable bonds is 4. The van der Waals surface area contributed by atoms with Crippen LogP contribution >= 0.6 is 0 Å². The molecular formula is C20H17N7O3. The number of carbonyl (C=O) groups excluding carboxylic acids is 1. The lowest BCUT2D eigenvalue weighted by Gasteiger charge is -2.20.